The number of rotatable bonds is 6. The van der Waals surface area contributed by atoms with E-state index in [2.05, 4.69) is 0 Å². The Bertz CT molecular complexity index is 521. The lowest BCUT2D eigenvalue weighted by Crippen LogP contribution is -2.45. The van der Waals surface area contributed by atoms with Gasteiger partial charge in [-0.15, -0.1) is 0 Å². The summed E-state index contributed by atoms with van der Waals surface area (Å²) < 4.78 is 10.3. The summed E-state index contributed by atoms with van der Waals surface area (Å²) in [6.07, 6.45) is 1.28. The number of carbonyl (C=O) groups excluding carboxylic acids is 2. The minimum absolute atomic E-state index is 0.271. The van der Waals surface area contributed by atoms with E-state index in [0.717, 1.165) is 5.57 Å². The lowest BCUT2D eigenvalue weighted by Gasteiger charge is -2.26. The molecule has 1 aromatic carbocycles. The van der Waals surface area contributed by atoms with Gasteiger partial charge in [-0.05, 0) is 39.8 Å². The highest BCUT2D eigenvalue weighted by atomic mass is 16.6. The first-order valence-corrected chi connectivity index (χ1v) is 7.29. The Morgan fingerprint density at radius 1 is 1.23 bits per heavy atom. The molecular formula is C17H23NO4. The SMILES string of the molecule is CCOC(=O)C(C)N(CC=C(C)C)C(=O)Oc1ccccc1. The molecule has 0 saturated heterocycles. The molecule has 0 fully saturated rings. The van der Waals surface area contributed by atoms with Crippen LogP contribution in [0.3, 0.4) is 0 Å². The predicted molar refractivity (Wildman–Crippen MR) is 84.7 cm³/mol. The van der Waals surface area contributed by atoms with Gasteiger partial charge in [0.05, 0.1) is 6.61 Å². The average molecular weight is 305 g/mol. The van der Waals surface area contributed by atoms with Gasteiger partial charge in [-0.25, -0.2) is 9.59 Å². The summed E-state index contributed by atoms with van der Waals surface area (Å²) in [7, 11) is 0. The van der Waals surface area contributed by atoms with Crippen molar-refractivity contribution in [2.45, 2.75) is 33.7 Å². The zero-order valence-electron chi connectivity index (χ0n) is 13.5. The average Bonchev–Trinajstić information content (AvgIpc) is 2.48. The minimum atomic E-state index is -0.716. The number of para-hydroxylation sites is 1. The van der Waals surface area contributed by atoms with E-state index in [1.807, 2.05) is 26.0 Å². The number of carbonyl (C=O) groups is 2. The molecule has 1 amide bonds. The number of allylic oxidation sites excluding steroid dienone is 1. The molecule has 1 aromatic rings. The molecule has 120 valence electrons. The highest BCUT2D eigenvalue weighted by Crippen LogP contribution is 2.13. The van der Waals surface area contributed by atoms with Gasteiger partial charge in [-0.2, -0.15) is 0 Å². The van der Waals surface area contributed by atoms with Gasteiger partial charge in [0, 0.05) is 6.54 Å². The quantitative estimate of drug-likeness (QED) is 0.597. The second kappa shape index (κ2) is 8.87. The Kier molecular flexibility index (Phi) is 7.16. The minimum Gasteiger partial charge on any atom is -0.464 e. The maximum absolute atomic E-state index is 12.3. The molecule has 0 spiro atoms. The van der Waals surface area contributed by atoms with Crippen molar-refractivity contribution < 1.29 is 19.1 Å². The van der Waals surface area contributed by atoms with Gasteiger partial charge < -0.3 is 9.47 Å². The van der Waals surface area contributed by atoms with E-state index >= 15 is 0 Å². The summed E-state index contributed by atoms with van der Waals surface area (Å²) >= 11 is 0. The Morgan fingerprint density at radius 3 is 2.41 bits per heavy atom. The monoisotopic (exact) mass is 305 g/mol. The van der Waals surface area contributed by atoms with E-state index in [9.17, 15) is 9.59 Å². The van der Waals surface area contributed by atoms with Crippen LogP contribution in [0.2, 0.25) is 0 Å². The molecule has 0 aliphatic heterocycles. The maximum atomic E-state index is 12.3. The van der Waals surface area contributed by atoms with Crippen molar-refractivity contribution in [3.05, 3.63) is 42.0 Å². The van der Waals surface area contributed by atoms with Crippen LogP contribution in [0.5, 0.6) is 5.75 Å². The first-order valence-electron chi connectivity index (χ1n) is 7.29. The number of benzene rings is 1. The number of nitrogens with zero attached hydrogens (tertiary/aromatic N) is 1. The Balaban J connectivity index is 2.86. The highest BCUT2D eigenvalue weighted by Gasteiger charge is 2.27. The van der Waals surface area contributed by atoms with E-state index in [1.54, 1.807) is 38.1 Å². The van der Waals surface area contributed by atoms with Crippen molar-refractivity contribution in [1.82, 2.24) is 4.90 Å². The topological polar surface area (TPSA) is 55.8 Å². The number of hydrogen-bond acceptors (Lipinski definition) is 4. The van der Waals surface area contributed by atoms with Crippen LogP contribution in [0.25, 0.3) is 0 Å². The van der Waals surface area contributed by atoms with E-state index in [0.29, 0.717) is 5.75 Å². The van der Waals surface area contributed by atoms with Crippen molar-refractivity contribution in [2.75, 3.05) is 13.2 Å². The molecular weight excluding hydrogens is 282 g/mol. The standard InChI is InChI=1S/C17H23NO4/c1-5-21-16(19)14(4)18(12-11-13(2)3)17(20)22-15-9-7-6-8-10-15/h6-11,14H,5,12H2,1-4H3. The fourth-order valence-electron chi connectivity index (χ4n) is 1.71. The number of ether oxygens (including phenoxy) is 2. The molecule has 22 heavy (non-hydrogen) atoms. The van der Waals surface area contributed by atoms with Crippen molar-refractivity contribution in [1.29, 1.82) is 0 Å². The lowest BCUT2D eigenvalue weighted by molar-refractivity contribution is -0.147. The predicted octanol–water partition coefficient (Wildman–Crippen LogP) is 3.41. The highest BCUT2D eigenvalue weighted by molar-refractivity contribution is 5.82. The van der Waals surface area contributed by atoms with Crippen LogP contribution in [-0.2, 0) is 9.53 Å². The summed E-state index contributed by atoms with van der Waals surface area (Å²) in [5.74, 6) is -0.0135. The maximum Gasteiger partial charge on any atom is 0.416 e. The van der Waals surface area contributed by atoms with Gasteiger partial charge in [0.15, 0.2) is 0 Å². The van der Waals surface area contributed by atoms with Crippen molar-refractivity contribution >= 4 is 12.1 Å². The first kappa shape index (κ1) is 17.8. The fraction of sp³-hybridized carbons (Fsp3) is 0.412. The van der Waals surface area contributed by atoms with Crippen LogP contribution in [0.1, 0.15) is 27.7 Å². The summed E-state index contributed by atoms with van der Waals surface area (Å²) in [5, 5.41) is 0. The fourth-order valence-corrected chi connectivity index (χ4v) is 1.71. The molecule has 0 heterocycles. The van der Waals surface area contributed by atoms with E-state index in [4.69, 9.17) is 9.47 Å². The number of amides is 1. The van der Waals surface area contributed by atoms with Crippen LogP contribution >= 0.6 is 0 Å². The number of hydrogen-bond donors (Lipinski definition) is 0. The molecule has 0 radical (unpaired) electrons. The van der Waals surface area contributed by atoms with Crippen LogP contribution in [0.4, 0.5) is 4.79 Å². The van der Waals surface area contributed by atoms with Gasteiger partial charge in [0.25, 0.3) is 0 Å². The van der Waals surface area contributed by atoms with Crippen LogP contribution in [0.15, 0.2) is 42.0 Å². The zero-order valence-corrected chi connectivity index (χ0v) is 13.5. The molecule has 5 nitrogen and oxygen atoms in total. The third-order valence-corrected chi connectivity index (χ3v) is 2.97. The van der Waals surface area contributed by atoms with Crippen LogP contribution < -0.4 is 4.74 Å². The second-order valence-corrected chi connectivity index (χ2v) is 5.04. The molecule has 0 saturated carbocycles. The molecule has 1 rings (SSSR count). The van der Waals surface area contributed by atoms with Crippen molar-refractivity contribution in [2.24, 2.45) is 0 Å². The Morgan fingerprint density at radius 2 is 1.86 bits per heavy atom. The molecule has 0 bridgehead atoms. The molecule has 1 atom stereocenters. The zero-order chi connectivity index (χ0) is 16.5. The number of esters is 1. The van der Waals surface area contributed by atoms with Crippen molar-refractivity contribution in [3.63, 3.8) is 0 Å². The summed E-state index contributed by atoms with van der Waals surface area (Å²) in [5.41, 5.74) is 1.05. The van der Waals surface area contributed by atoms with Gasteiger partial charge in [0.1, 0.15) is 11.8 Å². The molecule has 0 N–H and O–H groups in total. The molecule has 0 aliphatic carbocycles. The van der Waals surface area contributed by atoms with Gasteiger partial charge >= 0.3 is 12.1 Å². The molecule has 0 aromatic heterocycles. The smallest absolute Gasteiger partial charge is 0.416 e. The van der Waals surface area contributed by atoms with Gasteiger partial charge in [-0.1, -0.05) is 29.8 Å². The Labute approximate surface area is 131 Å². The first-order chi connectivity index (χ1) is 10.5. The van der Waals surface area contributed by atoms with E-state index in [1.165, 1.54) is 4.90 Å². The van der Waals surface area contributed by atoms with E-state index in [-0.39, 0.29) is 13.2 Å². The summed E-state index contributed by atoms with van der Waals surface area (Å²) in [6.45, 7) is 7.77. The van der Waals surface area contributed by atoms with Crippen LogP contribution in [0, 0.1) is 0 Å². The largest absolute Gasteiger partial charge is 0.464 e. The normalized spacial score (nSPS) is 11.3. The van der Waals surface area contributed by atoms with Crippen molar-refractivity contribution in [3.8, 4) is 5.75 Å². The van der Waals surface area contributed by atoms with Gasteiger partial charge in [-0.3, -0.25) is 4.90 Å². The summed E-state index contributed by atoms with van der Waals surface area (Å²) in [6, 6.07) is 8.04. The molecule has 5 heteroatoms. The lowest BCUT2D eigenvalue weighted by atomic mass is 10.2. The summed E-state index contributed by atoms with van der Waals surface area (Å²) in [4.78, 5) is 25.6. The molecule has 0 aliphatic rings. The van der Waals surface area contributed by atoms with E-state index < -0.39 is 18.1 Å². The van der Waals surface area contributed by atoms with Gasteiger partial charge in [0.2, 0.25) is 0 Å². The second-order valence-electron chi connectivity index (χ2n) is 5.04. The third kappa shape index (κ3) is 5.60. The Hall–Kier alpha value is -2.30. The molecule has 1 unspecified atom stereocenters. The van der Waals surface area contributed by atoms with Crippen LogP contribution in [-0.4, -0.2) is 36.2 Å². The third-order valence-electron chi connectivity index (χ3n) is 2.97.